The molecule has 0 saturated carbocycles. The van der Waals surface area contributed by atoms with Crippen LogP contribution >= 0.6 is 11.8 Å². The van der Waals surface area contributed by atoms with E-state index in [0.717, 1.165) is 16.9 Å². The topological polar surface area (TPSA) is 56.2 Å². The van der Waals surface area contributed by atoms with E-state index in [2.05, 4.69) is 15.0 Å². The van der Waals surface area contributed by atoms with Crippen molar-refractivity contribution in [3.05, 3.63) is 54.4 Å². The van der Waals surface area contributed by atoms with Crippen molar-refractivity contribution in [3.63, 3.8) is 0 Å². The summed E-state index contributed by atoms with van der Waals surface area (Å²) >= 11 is 1.63. The van der Waals surface area contributed by atoms with Gasteiger partial charge >= 0.3 is 6.61 Å². The number of nitrogens with one attached hydrogen (secondary N) is 1. The van der Waals surface area contributed by atoms with E-state index in [4.69, 9.17) is 0 Å². The Hall–Kier alpha value is -2.61. The lowest BCUT2D eigenvalue weighted by atomic mass is 10.3. The van der Waals surface area contributed by atoms with Crippen molar-refractivity contribution in [1.29, 1.82) is 0 Å². The van der Waals surface area contributed by atoms with Gasteiger partial charge in [-0.3, -0.25) is 4.79 Å². The molecule has 26 heavy (non-hydrogen) atoms. The fourth-order valence-electron chi connectivity index (χ4n) is 2.60. The SMILES string of the molecule is CSCc1nc2ccccc2n1CC(=O)Nc1ccc(OC(F)F)cc1. The summed E-state index contributed by atoms with van der Waals surface area (Å²) in [4.78, 5) is 17.0. The van der Waals surface area contributed by atoms with Gasteiger partial charge in [0.1, 0.15) is 18.1 Å². The lowest BCUT2D eigenvalue weighted by molar-refractivity contribution is -0.116. The van der Waals surface area contributed by atoms with Gasteiger partial charge in [0.2, 0.25) is 5.91 Å². The highest BCUT2D eigenvalue weighted by Crippen LogP contribution is 2.20. The van der Waals surface area contributed by atoms with Crippen LogP contribution in [0.25, 0.3) is 11.0 Å². The highest BCUT2D eigenvalue weighted by molar-refractivity contribution is 7.97. The number of rotatable bonds is 7. The van der Waals surface area contributed by atoms with Gasteiger partial charge in [0.05, 0.1) is 16.8 Å². The number of para-hydroxylation sites is 2. The third-order valence-corrected chi connectivity index (χ3v) is 4.22. The quantitative estimate of drug-likeness (QED) is 0.672. The first-order valence-corrected chi connectivity index (χ1v) is 9.24. The number of hydrogen-bond acceptors (Lipinski definition) is 4. The van der Waals surface area contributed by atoms with E-state index in [1.807, 2.05) is 35.1 Å². The molecule has 8 heteroatoms. The molecule has 3 aromatic rings. The molecule has 0 saturated heterocycles. The molecule has 0 aliphatic heterocycles. The lowest BCUT2D eigenvalue weighted by Crippen LogP contribution is -2.20. The van der Waals surface area contributed by atoms with E-state index in [1.165, 1.54) is 24.3 Å². The third kappa shape index (κ3) is 4.32. The van der Waals surface area contributed by atoms with Crippen molar-refractivity contribution in [2.45, 2.75) is 18.9 Å². The molecule has 0 radical (unpaired) electrons. The van der Waals surface area contributed by atoms with Gasteiger partial charge in [-0.1, -0.05) is 12.1 Å². The zero-order valence-corrected chi connectivity index (χ0v) is 14.8. The fraction of sp³-hybridized carbons (Fsp3) is 0.222. The Morgan fingerprint density at radius 1 is 1.23 bits per heavy atom. The van der Waals surface area contributed by atoms with Crippen LogP contribution in [0.2, 0.25) is 0 Å². The summed E-state index contributed by atoms with van der Waals surface area (Å²) in [5, 5.41) is 2.76. The maximum absolute atomic E-state index is 12.4. The maximum atomic E-state index is 12.4. The molecule has 1 amide bonds. The lowest BCUT2D eigenvalue weighted by Gasteiger charge is -2.10. The maximum Gasteiger partial charge on any atom is 0.387 e. The summed E-state index contributed by atoms with van der Waals surface area (Å²) in [5.41, 5.74) is 2.25. The number of carbonyl (C=O) groups is 1. The molecule has 0 aliphatic carbocycles. The molecule has 1 aromatic heterocycles. The number of carbonyl (C=O) groups excluding carboxylic acids is 1. The van der Waals surface area contributed by atoms with E-state index < -0.39 is 6.61 Å². The molecule has 0 aliphatic rings. The zero-order chi connectivity index (χ0) is 18.5. The summed E-state index contributed by atoms with van der Waals surface area (Å²) in [7, 11) is 0. The van der Waals surface area contributed by atoms with Crippen LogP contribution in [-0.2, 0) is 17.1 Å². The first-order valence-electron chi connectivity index (χ1n) is 7.84. The largest absolute Gasteiger partial charge is 0.435 e. The molecule has 5 nitrogen and oxygen atoms in total. The predicted octanol–water partition coefficient (Wildman–Crippen LogP) is 4.14. The van der Waals surface area contributed by atoms with Crippen molar-refractivity contribution < 1.29 is 18.3 Å². The normalized spacial score (nSPS) is 11.1. The predicted molar refractivity (Wildman–Crippen MR) is 98.7 cm³/mol. The number of ether oxygens (including phenoxy) is 1. The van der Waals surface area contributed by atoms with Gasteiger partial charge in [-0.05, 0) is 42.7 Å². The molecule has 0 atom stereocenters. The van der Waals surface area contributed by atoms with Crippen LogP contribution in [0.15, 0.2) is 48.5 Å². The third-order valence-electron chi connectivity index (χ3n) is 3.67. The fourth-order valence-corrected chi connectivity index (χ4v) is 3.08. The van der Waals surface area contributed by atoms with Gasteiger partial charge in [-0.2, -0.15) is 20.5 Å². The van der Waals surface area contributed by atoms with Crippen molar-refractivity contribution in [2.75, 3.05) is 11.6 Å². The first-order chi connectivity index (χ1) is 12.6. The van der Waals surface area contributed by atoms with Crippen LogP contribution in [0, 0.1) is 0 Å². The van der Waals surface area contributed by atoms with E-state index in [0.29, 0.717) is 11.4 Å². The molecular formula is C18H17F2N3O2S. The Kier molecular flexibility index (Phi) is 5.72. The van der Waals surface area contributed by atoms with Crippen LogP contribution < -0.4 is 10.1 Å². The zero-order valence-electron chi connectivity index (χ0n) is 14.0. The van der Waals surface area contributed by atoms with Gasteiger partial charge in [0.15, 0.2) is 0 Å². The first kappa shape index (κ1) is 18.2. The Morgan fingerprint density at radius 3 is 2.65 bits per heavy atom. The van der Waals surface area contributed by atoms with Crippen molar-refractivity contribution in [3.8, 4) is 5.75 Å². The monoisotopic (exact) mass is 377 g/mol. The van der Waals surface area contributed by atoms with E-state index in [1.54, 1.807) is 11.8 Å². The van der Waals surface area contributed by atoms with E-state index in [-0.39, 0.29) is 18.2 Å². The number of amides is 1. The standard InChI is InChI=1S/C18H17F2N3O2S/c1-26-11-16-22-14-4-2-3-5-15(14)23(16)10-17(24)21-12-6-8-13(9-7-12)25-18(19)20/h2-9,18H,10-11H2,1H3,(H,21,24). The van der Waals surface area contributed by atoms with Crippen LogP contribution in [-0.4, -0.2) is 28.3 Å². The second kappa shape index (κ2) is 8.18. The summed E-state index contributed by atoms with van der Waals surface area (Å²) < 4.78 is 30.5. The smallest absolute Gasteiger partial charge is 0.387 e. The van der Waals surface area contributed by atoms with Gasteiger partial charge in [0.25, 0.3) is 0 Å². The van der Waals surface area contributed by atoms with E-state index >= 15 is 0 Å². The van der Waals surface area contributed by atoms with Gasteiger partial charge in [-0.25, -0.2) is 4.98 Å². The van der Waals surface area contributed by atoms with Crippen LogP contribution in [0.5, 0.6) is 5.75 Å². The molecule has 2 aromatic carbocycles. The highest BCUT2D eigenvalue weighted by atomic mass is 32.2. The Labute approximate surface area is 153 Å². The number of hydrogen-bond donors (Lipinski definition) is 1. The van der Waals surface area contributed by atoms with Gasteiger partial charge in [0, 0.05) is 5.69 Å². The Morgan fingerprint density at radius 2 is 1.96 bits per heavy atom. The van der Waals surface area contributed by atoms with Crippen molar-refractivity contribution in [1.82, 2.24) is 9.55 Å². The number of thioether (sulfide) groups is 1. The van der Waals surface area contributed by atoms with Crippen LogP contribution in [0.3, 0.4) is 0 Å². The molecule has 0 unspecified atom stereocenters. The molecule has 1 N–H and O–H groups in total. The molecule has 3 rings (SSSR count). The molecular weight excluding hydrogens is 360 g/mol. The molecule has 0 spiro atoms. The number of aromatic nitrogens is 2. The molecule has 0 bridgehead atoms. The van der Waals surface area contributed by atoms with Gasteiger partial charge < -0.3 is 14.6 Å². The summed E-state index contributed by atoms with van der Waals surface area (Å²) in [6.07, 6.45) is 1.98. The van der Waals surface area contributed by atoms with Crippen LogP contribution in [0.4, 0.5) is 14.5 Å². The minimum Gasteiger partial charge on any atom is -0.435 e. The number of benzene rings is 2. The second-order valence-electron chi connectivity index (χ2n) is 5.49. The number of anilines is 1. The molecule has 0 fully saturated rings. The average Bonchev–Trinajstić information content (AvgIpc) is 2.94. The summed E-state index contributed by atoms with van der Waals surface area (Å²) in [6.45, 7) is -2.76. The number of imidazole rings is 1. The van der Waals surface area contributed by atoms with Crippen LogP contribution in [0.1, 0.15) is 5.82 Å². The number of nitrogens with zero attached hydrogens (tertiary/aromatic N) is 2. The highest BCUT2D eigenvalue weighted by Gasteiger charge is 2.13. The average molecular weight is 377 g/mol. The Bertz CT molecular complexity index is 897. The molecule has 1 heterocycles. The van der Waals surface area contributed by atoms with E-state index in [9.17, 15) is 13.6 Å². The number of fused-ring (bicyclic) bond motifs is 1. The number of halogens is 2. The van der Waals surface area contributed by atoms with Crippen molar-refractivity contribution >= 4 is 34.4 Å². The second-order valence-corrected chi connectivity index (χ2v) is 6.35. The summed E-state index contributed by atoms with van der Waals surface area (Å²) in [5.74, 6) is 1.34. The van der Waals surface area contributed by atoms with Gasteiger partial charge in [-0.15, -0.1) is 0 Å². The number of alkyl halides is 2. The molecule has 136 valence electrons. The Balaban J connectivity index is 1.73. The summed E-state index contributed by atoms with van der Waals surface area (Å²) in [6, 6.07) is 13.5. The van der Waals surface area contributed by atoms with Crippen molar-refractivity contribution in [2.24, 2.45) is 0 Å². The minimum atomic E-state index is -2.88. The minimum absolute atomic E-state index is 0.0425.